The first-order valence-corrected chi connectivity index (χ1v) is 11.6. The van der Waals surface area contributed by atoms with Gasteiger partial charge in [0, 0.05) is 23.9 Å². The highest BCUT2D eigenvalue weighted by molar-refractivity contribution is 8.14. The van der Waals surface area contributed by atoms with Crippen molar-refractivity contribution in [2.75, 3.05) is 18.9 Å². The first-order chi connectivity index (χ1) is 16.5. The predicted octanol–water partition coefficient (Wildman–Crippen LogP) is 5.47. The van der Waals surface area contributed by atoms with Gasteiger partial charge >= 0.3 is 5.24 Å². The molecule has 0 unspecified atom stereocenters. The number of imidazole rings is 1. The molecule has 0 saturated carbocycles. The van der Waals surface area contributed by atoms with Gasteiger partial charge in [-0.05, 0) is 48.5 Å². The summed E-state index contributed by atoms with van der Waals surface area (Å²) in [7, 11) is 1.89. The van der Waals surface area contributed by atoms with Gasteiger partial charge < -0.3 is 9.30 Å². The number of benzene rings is 3. The number of rotatable bonds is 6. The van der Waals surface area contributed by atoms with Crippen LogP contribution < -0.4 is 4.74 Å². The summed E-state index contributed by atoms with van der Waals surface area (Å²) in [6.07, 6.45) is 0. The van der Waals surface area contributed by atoms with Crippen molar-refractivity contribution in [1.82, 2.24) is 14.6 Å². The summed E-state index contributed by atoms with van der Waals surface area (Å²) in [5, 5.41) is 5.77. The summed E-state index contributed by atoms with van der Waals surface area (Å²) >= 11 is 1.17. The van der Waals surface area contributed by atoms with Crippen LogP contribution in [0.4, 0.5) is 13.6 Å². The number of nitrogens with zero attached hydrogens (tertiary/aromatic N) is 4. The maximum absolute atomic E-state index is 13.7. The Labute approximate surface area is 198 Å². The number of hydrogen-bond donors (Lipinski definition) is 0. The van der Waals surface area contributed by atoms with E-state index in [1.807, 2.05) is 35.9 Å². The molecule has 1 amide bonds. The first-order valence-electron chi connectivity index (χ1n) is 10.6. The van der Waals surface area contributed by atoms with E-state index in [-0.39, 0.29) is 30.0 Å². The van der Waals surface area contributed by atoms with Crippen LogP contribution in [0.2, 0.25) is 0 Å². The number of aromatic nitrogens is 2. The maximum atomic E-state index is 13.7. The highest BCUT2D eigenvalue weighted by atomic mass is 32.2. The number of fused-ring (bicyclic) bond motifs is 1. The van der Waals surface area contributed by atoms with Crippen molar-refractivity contribution in [2.45, 2.75) is 0 Å². The Balaban J connectivity index is 1.36. The van der Waals surface area contributed by atoms with E-state index in [2.05, 4.69) is 5.10 Å². The molecule has 0 spiro atoms. The number of hydrogen-bond acceptors (Lipinski definition) is 5. The molecule has 6 nitrogen and oxygen atoms in total. The van der Waals surface area contributed by atoms with Gasteiger partial charge in [0.15, 0.2) is 0 Å². The summed E-state index contributed by atoms with van der Waals surface area (Å²) in [4.78, 5) is 17.0. The van der Waals surface area contributed by atoms with Gasteiger partial charge in [0.25, 0.3) is 0 Å². The third kappa shape index (κ3) is 4.51. The molecule has 1 aliphatic heterocycles. The second kappa shape index (κ2) is 9.26. The number of halogens is 2. The zero-order valence-corrected chi connectivity index (χ0v) is 19.1. The van der Waals surface area contributed by atoms with E-state index in [1.165, 1.54) is 53.2 Å². The first kappa shape index (κ1) is 22.1. The molecule has 0 saturated heterocycles. The molecule has 9 heteroatoms. The highest BCUT2D eigenvalue weighted by Gasteiger charge is 2.23. The van der Waals surface area contributed by atoms with E-state index in [0.29, 0.717) is 22.9 Å². The number of carbonyl (C=O) groups is 1. The quantitative estimate of drug-likeness (QED) is 0.369. The van der Waals surface area contributed by atoms with Crippen molar-refractivity contribution in [2.24, 2.45) is 12.1 Å². The molecule has 0 radical (unpaired) electrons. The van der Waals surface area contributed by atoms with Gasteiger partial charge in [-0.25, -0.2) is 18.8 Å². The Morgan fingerprint density at radius 1 is 1.00 bits per heavy atom. The van der Waals surface area contributed by atoms with Crippen LogP contribution in [0.3, 0.4) is 0 Å². The summed E-state index contributed by atoms with van der Waals surface area (Å²) in [5.74, 6) is 0.992. The number of carbonyl (C=O) groups excluding carboxylic acids is 1. The number of amides is 1. The molecule has 4 aromatic rings. The van der Waals surface area contributed by atoms with E-state index in [9.17, 15) is 13.6 Å². The minimum atomic E-state index is -0.336. The molecule has 172 valence electrons. The summed E-state index contributed by atoms with van der Waals surface area (Å²) in [6.45, 7) is 0.493. The lowest BCUT2D eigenvalue weighted by Gasteiger charge is -2.23. The minimum Gasteiger partial charge on any atom is -0.492 e. The molecule has 0 aliphatic carbocycles. The minimum absolute atomic E-state index is 0.154. The molecule has 5 rings (SSSR count). The van der Waals surface area contributed by atoms with Crippen molar-refractivity contribution >= 4 is 33.7 Å². The van der Waals surface area contributed by atoms with Crippen LogP contribution in [0.1, 0.15) is 5.56 Å². The lowest BCUT2D eigenvalue weighted by atomic mass is 10.1. The molecule has 34 heavy (non-hydrogen) atoms. The van der Waals surface area contributed by atoms with Gasteiger partial charge in [-0.15, -0.1) is 0 Å². The smallest absolute Gasteiger partial charge is 0.302 e. The second-order valence-corrected chi connectivity index (χ2v) is 8.66. The predicted molar refractivity (Wildman–Crippen MR) is 129 cm³/mol. The normalized spacial score (nSPS) is 13.9. The van der Waals surface area contributed by atoms with Crippen LogP contribution in [0, 0.1) is 11.6 Å². The molecule has 0 bridgehead atoms. The van der Waals surface area contributed by atoms with Crippen LogP contribution >= 0.6 is 11.8 Å². The Kier molecular flexibility index (Phi) is 6.02. The van der Waals surface area contributed by atoms with Crippen LogP contribution in [0.15, 0.2) is 71.8 Å². The van der Waals surface area contributed by atoms with E-state index >= 15 is 0 Å². The molecule has 0 atom stereocenters. The third-order valence-corrected chi connectivity index (χ3v) is 6.34. The molecule has 1 aromatic heterocycles. The Bertz CT molecular complexity index is 1400. The Morgan fingerprint density at radius 3 is 2.62 bits per heavy atom. The van der Waals surface area contributed by atoms with Crippen LogP contribution in [-0.4, -0.2) is 44.4 Å². The average Bonchev–Trinajstić information content (AvgIpc) is 3.17. The van der Waals surface area contributed by atoms with E-state index < -0.39 is 0 Å². The van der Waals surface area contributed by atoms with Crippen molar-refractivity contribution < 1.29 is 18.3 Å². The van der Waals surface area contributed by atoms with Crippen molar-refractivity contribution in [1.29, 1.82) is 0 Å². The Morgan fingerprint density at radius 2 is 1.82 bits per heavy atom. The monoisotopic (exact) mass is 478 g/mol. The van der Waals surface area contributed by atoms with E-state index in [0.717, 1.165) is 22.3 Å². The van der Waals surface area contributed by atoms with E-state index in [1.54, 1.807) is 6.07 Å². The van der Waals surface area contributed by atoms with Crippen molar-refractivity contribution in [3.05, 3.63) is 83.9 Å². The summed E-state index contributed by atoms with van der Waals surface area (Å²) in [6, 6.07) is 17.9. The molecular formula is C25H20F2N4O2S. The lowest BCUT2D eigenvalue weighted by molar-refractivity contribution is 0.206. The van der Waals surface area contributed by atoms with Crippen LogP contribution in [-0.2, 0) is 7.05 Å². The molecule has 0 N–H and O–H groups in total. The molecule has 2 heterocycles. The van der Waals surface area contributed by atoms with Gasteiger partial charge in [-0.3, -0.25) is 4.79 Å². The van der Waals surface area contributed by atoms with Crippen LogP contribution in [0.25, 0.3) is 22.4 Å². The maximum Gasteiger partial charge on any atom is 0.302 e. The van der Waals surface area contributed by atoms with Crippen molar-refractivity contribution in [3.63, 3.8) is 0 Å². The zero-order valence-electron chi connectivity index (χ0n) is 18.2. The Hall–Kier alpha value is -3.72. The molecule has 3 aromatic carbocycles. The van der Waals surface area contributed by atoms with Gasteiger partial charge in [0.05, 0.1) is 23.3 Å². The number of hydrazone groups is 1. The number of ether oxygens (including phenoxy) is 1. The van der Waals surface area contributed by atoms with E-state index in [4.69, 9.17) is 9.72 Å². The third-order valence-electron chi connectivity index (χ3n) is 5.47. The topological polar surface area (TPSA) is 59.7 Å². The molecule has 1 aliphatic rings. The average molecular weight is 479 g/mol. The largest absolute Gasteiger partial charge is 0.492 e. The molecule has 0 fully saturated rings. The van der Waals surface area contributed by atoms with Gasteiger partial charge in [0.1, 0.15) is 29.8 Å². The standard InChI is InChI=1S/C25H20F2N4O2S/c1-30-23-10-5-16(14-21(23)28-24(30)17-3-2-4-19(27)13-17)22-15-34-25(32)31(29-22)11-12-33-20-8-6-18(26)7-9-20/h2-10,13-14H,11-12,15H2,1H3. The van der Waals surface area contributed by atoms with Crippen molar-refractivity contribution in [3.8, 4) is 17.1 Å². The fourth-order valence-electron chi connectivity index (χ4n) is 3.75. The second-order valence-electron chi connectivity index (χ2n) is 7.74. The van der Waals surface area contributed by atoms with Gasteiger partial charge in [-0.1, -0.05) is 30.0 Å². The fourth-order valence-corrected chi connectivity index (χ4v) is 4.51. The number of thioether (sulfide) groups is 1. The van der Waals surface area contributed by atoms with Gasteiger partial charge in [0.2, 0.25) is 0 Å². The molecular weight excluding hydrogens is 458 g/mol. The highest BCUT2D eigenvalue weighted by Crippen LogP contribution is 2.27. The van der Waals surface area contributed by atoms with Gasteiger partial charge in [-0.2, -0.15) is 5.10 Å². The zero-order chi connectivity index (χ0) is 23.7. The SMILES string of the molecule is Cn1c(-c2cccc(F)c2)nc2cc(C3=NN(CCOc4ccc(F)cc4)C(=O)SC3)ccc21. The summed E-state index contributed by atoms with van der Waals surface area (Å²) < 4.78 is 34.3. The fraction of sp³-hybridized carbons (Fsp3) is 0.160. The summed E-state index contributed by atoms with van der Waals surface area (Å²) in [5.41, 5.74) is 3.98. The number of aryl methyl sites for hydroxylation is 1. The lowest BCUT2D eigenvalue weighted by Crippen LogP contribution is -2.33. The van der Waals surface area contributed by atoms with Crippen LogP contribution in [0.5, 0.6) is 5.75 Å².